The molecule has 10 heteroatoms. The van der Waals surface area contributed by atoms with Gasteiger partial charge in [0.2, 0.25) is 10.0 Å². The van der Waals surface area contributed by atoms with Crippen molar-refractivity contribution in [3.05, 3.63) is 84.4 Å². The van der Waals surface area contributed by atoms with E-state index in [-0.39, 0.29) is 23.2 Å². The van der Waals surface area contributed by atoms with Gasteiger partial charge in [0.05, 0.1) is 23.7 Å². The van der Waals surface area contributed by atoms with Gasteiger partial charge in [-0.1, -0.05) is 30.3 Å². The molecule has 2 amide bonds. The second-order valence-electron chi connectivity index (χ2n) is 7.69. The third-order valence-electron chi connectivity index (χ3n) is 5.27. The Morgan fingerprint density at radius 3 is 2.17 bits per heavy atom. The average Bonchev–Trinajstić information content (AvgIpc) is 2.89. The fourth-order valence-corrected chi connectivity index (χ4v) is 4.89. The highest BCUT2D eigenvalue weighted by molar-refractivity contribution is 7.89. The Balaban J connectivity index is 1.35. The third-order valence-corrected chi connectivity index (χ3v) is 7.18. The molecule has 0 aromatic heterocycles. The number of amides is 2. The smallest absolute Gasteiger partial charge is 0.262 e. The first kappa shape index (κ1) is 24.4. The summed E-state index contributed by atoms with van der Waals surface area (Å²) >= 11 is 0. The normalized spacial score (nSPS) is 14.2. The van der Waals surface area contributed by atoms with Crippen LogP contribution in [0.5, 0.6) is 5.75 Å². The summed E-state index contributed by atoms with van der Waals surface area (Å²) in [6, 6.07) is 21.6. The first-order valence-corrected chi connectivity index (χ1v) is 12.4. The Morgan fingerprint density at radius 1 is 0.829 bits per heavy atom. The molecule has 182 valence electrons. The van der Waals surface area contributed by atoms with Crippen molar-refractivity contribution in [1.82, 2.24) is 4.31 Å². The Hall–Kier alpha value is -3.73. The number of benzene rings is 3. The van der Waals surface area contributed by atoms with Crippen LogP contribution in [0.1, 0.15) is 10.4 Å². The highest BCUT2D eigenvalue weighted by Gasteiger charge is 2.26. The van der Waals surface area contributed by atoms with Gasteiger partial charge in [0.15, 0.2) is 6.61 Å². The first-order valence-electron chi connectivity index (χ1n) is 11.0. The summed E-state index contributed by atoms with van der Waals surface area (Å²) in [5.41, 5.74) is 1.36. The van der Waals surface area contributed by atoms with E-state index in [9.17, 15) is 18.0 Å². The number of carbonyl (C=O) groups is 2. The molecule has 1 saturated heterocycles. The zero-order valence-electron chi connectivity index (χ0n) is 18.8. The summed E-state index contributed by atoms with van der Waals surface area (Å²) in [7, 11) is -3.61. The summed E-state index contributed by atoms with van der Waals surface area (Å²) in [5.74, 6) is -0.542. The second kappa shape index (κ2) is 11.1. The van der Waals surface area contributed by atoms with Crippen molar-refractivity contribution in [3.63, 3.8) is 0 Å². The second-order valence-corrected chi connectivity index (χ2v) is 9.63. The fraction of sp³-hybridized carbons (Fsp3) is 0.200. The van der Waals surface area contributed by atoms with E-state index < -0.39 is 15.9 Å². The van der Waals surface area contributed by atoms with E-state index in [4.69, 9.17) is 9.47 Å². The van der Waals surface area contributed by atoms with E-state index in [1.807, 2.05) is 18.2 Å². The number of nitrogens with zero attached hydrogens (tertiary/aromatic N) is 1. The van der Waals surface area contributed by atoms with Crippen LogP contribution in [0.3, 0.4) is 0 Å². The quantitative estimate of drug-likeness (QED) is 0.497. The predicted molar refractivity (Wildman–Crippen MR) is 131 cm³/mol. The molecular formula is C25H25N3O6S. The lowest BCUT2D eigenvalue weighted by atomic mass is 10.2. The Kier molecular flexibility index (Phi) is 7.76. The van der Waals surface area contributed by atoms with Crippen molar-refractivity contribution >= 4 is 33.2 Å². The van der Waals surface area contributed by atoms with Gasteiger partial charge in [0.25, 0.3) is 11.8 Å². The molecule has 2 N–H and O–H groups in total. The number of nitrogens with one attached hydrogen (secondary N) is 2. The predicted octanol–water partition coefficient (Wildman–Crippen LogP) is 2.98. The summed E-state index contributed by atoms with van der Waals surface area (Å²) in [6.07, 6.45) is 0. The maximum atomic E-state index is 12.7. The third kappa shape index (κ3) is 6.24. The van der Waals surface area contributed by atoms with E-state index in [2.05, 4.69) is 10.6 Å². The van der Waals surface area contributed by atoms with Crippen LogP contribution in [-0.4, -0.2) is 57.4 Å². The zero-order valence-corrected chi connectivity index (χ0v) is 19.7. The van der Waals surface area contributed by atoms with Gasteiger partial charge in [0.1, 0.15) is 5.75 Å². The van der Waals surface area contributed by atoms with Crippen molar-refractivity contribution in [3.8, 4) is 5.75 Å². The van der Waals surface area contributed by atoms with Crippen molar-refractivity contribution in [2.24, 2.45) is 0 Å². The zero-order chi connectivity index (χ0) is 24.7. The Bertz CT molecular complexity index is 1270. The number of rotatable bonds is 8. The minimum atomic E-state index is -3.61. The number of morpholine rings is 1. The van der Waals surface area contributed by atoms with Crippen LogP contribution >= 0.6 is 0 Å². The minimum absolute atomic E-state index is 0.145. The number of para-hydroxylation sites is 2. The Morgan fingerprint density at radius 2 is 1.46 bits per heavy atom. The highest BCUT2D eigenvalue weighted by Crippen LogP contribution is 2.21. The molecule has 0 atom stereocenters. The molecule has 1 aliphatic rings. The van der Waals surface area contributed by atoms with Gasteiger partial charge in [-0.2, -0.15) is 4.31 Å². The van der Waals surface area contributed by atoms with Crippen LogP contribution in [0.4, 0.5) is 11.4 Å². The fourth-order valence-electron chi connectivity index (χ4n) is 3.49. The lowest BCUT2D eigenvalue weighted by Gasteiger charge is -2.26. The standard InChI is InChI=1S/C25H25N3O6S/c29-24(26-20-10-12-21(13-11-20)35(31,32)28-14-16-33-17-15-28)18-34-23-9-5-4-8-22(23)25(30)27-19-6-2-1-3-7-19/h1-13H,14-18H2,(H,26,29)(H,27,30). The molecule has 0 radical (unpaired) electrons. The number of carbonyl (C=O) groups excluding carboxylic acids is 2. The van der Waals surface area contributed by atoms with Crippen LogP contribution in [0.2, 0.25) is 0 Å². The summed E-state index contributed by atoms with van der Waals surface area (Å²) in [5, 5.41) is 5.45. The molecule has 9 nitrogen and oxygen atoms in total. The number of hydrogen-bond donors (Lipinski definition) is 2. The molecular weight excluding hydrogens is 470 g/mol. The van der Waals surface area contributed by atoms with E-state index in [1.165, 1.54) is 28.6 Å². The van der Waals surface area contributed by atoms with Crippen LogP contribution in [0.15, 0.2) is 83.8 Å². The molecule has 0 unspecified atom stereocenters. The maximum Gasteiger partial charge on any atom is 0.262 e. The van der Waals surface area contributed by atoms with Gasteiger partial charge in [0, 0.05) is 24.5 Å². The molecule has 3 aromatic rings. The molecule has 1 aliphatic heterocycles. The summed E-state index contributed by atoms with van der Waals surface area (Å²) in [6.45, 7) is 1.02. The first-order chi connectivity index (χ1) is 16.9. The van der Waals surface area contributed by atoms with Crippen LogP contribution in [0.25, 0.3) is 0 Å². The number of ether oxygens (including phenoxy) is 2. The molecule has 0 spiro atoms. The molecule has 35 heavy (non-hydrogen) atoms. The molecule has 0 bridgehead atoms. The van der Waals surface area contributed by atoms with E-state index in [0.717, 1.165) is 0 Å². The molecule has 4 rings (SSSR count). The SMILES string of the molecule is O=C(COc1ccccc1C(=O)Nc1ccccc1)Nc1ccc(S(=O)(=O)N2CCOCC2)cc1. The highest BCUT2D eigenvalue weighted by atomic mass is 32.2. The molecule has 0 aliphatic carbocycles. The largest absolute Gasteiger partial charge is 0.483 e. The molecule has 3 aromatic carbocycles. The van der Waals surface area contributed by atoms with Crippen molar-refractivity contribution < 1.29 is 27.5 Å². The van der Waals surface area contributed by atoms with Gasteiger partial charge >= 0.3 is 0 Å². The molecule has 0 saturated carbocycles. The number of sulfonamides is 1. The number of hydrogen-bond acceptors (Lipinski definition) is 6. The van der Waals surface area contributed by atoms with E-state index >= 15 is 0 Å². The van der Waals surface area contributed by atoms with Crippen molar-refractivity contribution in [2.75, 3.05) is 43.5 Å². The molecule has 1 heterocycles. The maximum absolute atomic E-state index is 12.7. The average molecular weight is 496 g/mol. The van der Waals surface area contributed by atoms with Crippen molar-refractivity contribution in [2.45, 2.75) is 4.90 Å². The van der Waals surface area contributed by atoms with Gasteiger partial charge in [-0.3, -0.25) is 9.59 Å². The van der Waals surface area contributed by atoms with Gasteiger partial charge < -0.3 is 20.1 Å². The van der Waals surface area contributed by atoms with Crippen LogP contribution < -0.4 is 15.4 Å². The topological polar surface area (TPSA) is 114 Å². The number of anilines is 2. The minimum Gasteiger partial charge on any atom is -0.483 e. The van der Waals surface area contributed by atoms with Gasteiger partial charge in [-0.25, -0.2) is 8.42 Å². The monoisotopic (exact) mass is 495 g/mol. The lowest BCUT2D eigenvalue weighted by molar-refractivity contribution is -0.118. The van der Waals surface area contributed by atoms with Crippen LogP contribution in [0, 0.1) is 0 Å². The van der Waals surface area contributed by atoms with E-state index in [1.54, 1.807) is 36.4 Å². The van der Waals surface area contributed by atoms with Crippen molar-refractivity contribution in [1.29, 1.82) is 0 Å². The molecule has 1 fully saturated rings. The lowest BCUT2D eigenvalue weighted by Crippen LogP contribution is -2.40. The van der Waals surface area contributed by atoms with Crippen LogP contribution in [-0.2, 0) is 19.6 Å². The summed E-state index contributed by atoms with van der Waals surface area (Å²) in [4.78, 5) is 25.2. The Labute approximate surface area is 203 Å². The van der Waals surface area contributed by atoms with E-state index in [0.29, 0.717) is 43.2 Å². The van der Waals surface area contributed by atoms with Gasteiger partial charge in [-0.05, 0) is 48.5 Å². The summed E-state index contributed by atoms with van der Waals surface area (Å²) < 4.78 is 37.6. The van der Waals surface area contributed by atoms with Gasteiger partial charge in [-0.15, -0.1) is 0 Å².